The van der Waals surface area contributed by atoms with E-state index in [0.29, 0.717) is 5.82 Å². The van der Waals surface area contributed by atoms with E-state index in [1.807, 2.05) is 0 Å². The molecule has 0 amide bonds. The molecule has 0 spiro atoms. The monoisotopic (exact) mass is 246 g/mol. The standard InChI is InChI=1S/C7H7BrN2OS/c8-5-2-9-7(10-3-5)1-6(11)4-12/h2-3,12H,1,4H2. The van der Waals surface area contributed by atoms with Gasteiger partial charge in [-0.15, -0.1) is 0 Å². The summed E-state index contributed by atoms with van der Waals surface area (Å²) in [5, 5.41) is 0. The minimum Gasteiger partial charge on any atom is -0.298 e. The number of halogens is 1. The van der Waals surface area contributed by atoms with Gasteiger partial charge in [0.2, 0.25) is 0 Å². The molecule has 0 saturated carbocycles. The fourth-order valence-corrected chi connectivity index (χ4v) is 0.979. The average molecular weight is 247 g/mol. The maximum atomic E-state index is 10.9. The van der Waals surface area contributed by atoms with Gasteiger partial charge in [-0.05, 0) is 15.9 Å². The van der Waals surface area contributed by atoms with Gasteiger partial charge in [0, 0.05) is 18.1 Å². The first-order chi connectivity index (χ1) is 5.72. The summed E-state index contributed by atoms with van der Waals surface area (Å²) in [6.45, 7) is 0. The number of rotatable bonds is 3. The Bertz CT molecular complexity index is 275. The summed E-state index contributed by atoms with van der Waals surface area (Å²) >= 11 is 7.06. The molecule has 0 aromatic carbocycles. The van der Waals surface area contributed by atoms with E-state index in [1.54, 1.807) is 12.4 Å². The van der Waals surface area contributed by atoms with Gasteiger partial charge in [-0.25, -0.2) is 9.97 Å². The summed E-state index contributed by atoms with van der Waals surface area (Å²) in [7, 11) is 0. The first-order valence-electron chi connectivity index (χ1n) is 3.31. The Labute approximate surface area is 84.1 Å². The van der Waals surface area contributed by atoms with E-state index in [1.165, 1.54) is 0 Å². The average Bonchev–Trinajstić information content (AvgIpc) is 2.09. The van der Waals surface area contributed by atoms with Gasteiger partial charge >= 0.3 is 0 Å². The molecule has 0 aliphatic carbocycles. The molecule has 1 aromatic rings. The maximum Gasteiger partial charge on any atom is 0.150 e. The molecule has 0 atom stereocenters. The van der Waals surface area contributed by atoms with Crippen LogP contribution >= 0.6 is 28.6 Å². The fraction of sp³-hybridized carbons (Fsp3) is 0.286. The van der Waals surface area contributed by atoms with Gasteiger partial charge in [0.25, 0.3) is 0 Å². The number of ketones is 1. The van der Waals surface area contributed by atoms with Gasteiger partial charge in [0.1, 0.15) is 11.6 Å². The zero-order valence-corrected chi connectivity index (χ0v) is 8.68. The van der Waals surface area contributed by atoms with Gasteiger partial charge in [-0.1, -0.05) is 0 Å². The topological polar surface area (TPSA) is 42.9 Å². The van der Waals surface area contributed by atoms with E-state index in [9.17, 15) is 4.79 Å². The van der Waals surface area contributed by atoms with Gasteiger partial charge in [-0.2, -0.15) is 12.6 Å². The molecule has 0 saturated heterocycles. The molecule has 3 nitrogen and oxygen atoms in total. The van der Waals surface area contributed by atoms with Crippen LogP contribution in [0.5, 0.6) is 0 Å². The van der Waals surface area contributed by atoms with Crippen LogP contribution in [0.15, 0.2) is 16.9 Å². The smallest absolute Gasteiger partial charge is 0.150 e. The van der Waals surface area contributed by atoms with Crippen LogP contribution in [0.3, 0.4) is 0 Å². The predicted molar refractivity (Wildman–Crippen MR) is 52.3 cm³/mol. The van der Waals surface area contributed by atoms with E-state index in [4.69, 9.17) is 0 Å². The first kappa shape index (κ1) is 9.67. The lowest BCUT2D eigenvalue weighted by atomic mass is 10.3. The van der Waals surface area contributed by atoms with Gasteiger partial charge in [0.15, 0.2) is 0 Å². The van der Waals surface area contributed by atoms with Crippen molar-refractivity contribution in [1.82, 2.24) is 9.97 Å². The quantitative estimate of drug-likeness (QED) is 0.818. The highest BCUT2D eigenvalue weighted by Gasteiger charge is 2.02. The van der Waals surface area contributed by atoms with Crippen LogP contribution in [0.1, 0.15) is 5.82 Å². The van der Waals surface area contributed by atoms with Crippen molar-refractivity contribution in [3.8, 4) is 0 Å². The highest BCUT2D eigenvalue weighted by atomic mass is 79.9. The van der Waals surface area contributed by atoms with Crippen LogP contribution in [-0.4, -0.2) is 21.5 Å². The lowest BCUT2D eigenvalue weighted by molar-refractivity contribution is -0.116. The summed E-state index contributed by atoms with van der Waals surface area (Å²) in [4.78, 5) is 18.8. The van der Waals surface area contributed by atoms with E-state index in [-0.39, 0.29) is 18.0 Å². The molecule has 0 aliphatic heterocycles. The number of carbonyl (C=O) groups is 1. The molecule has 1 heterocycles. The van der Waals surface area contributed by atoms with E-state index in [2.05, 4.69) is 38.5 Å². The first-order valence-corrected chi connectivity index (χ1v) is 4.74. The second-order valence-electron chi connectivity index (χ2n) is 2.19. The zero-order valence-electron chi connectivity index (χ0n) is 6.20. The van der Waals surface area contributed by atoms with E-state index < -0.39 is 0 Å². The third kappa shape index (κ3) is 2.91. The van der Waals surface area contributed by atoms with Crippen molar-refractivity contribution < 1.29 is 4.79 Å². The van der Waals surface area contributed by atoms with Crippen LogP contribution in [0, 0.1) is 0 Å². The van der Waals surface area contributed by atoms with Crippen LogP contribution in [0.2, 0.25) is 0 Å². The lowest BCUT2D eigenvalue weighted by Gasteiger charge is -1.95. The van der Waals surface area contributed by atoms with Crippen LogP contribution < -0.4 is 0 Å². The Hall–Kier alpha value is -0.420. The Morgan fingerprint density at radius 3 is 2.58 bits per heavy atom. The number of aromatic nitrogens is 2. The number of hydrogen-bond donors (Lipinski definition) is 1. The van der Waals surface area contributed by atoms with Crippen molar-refractivity contribution in [2.24, 2.45) is 0 Å². The zero-order chi connectivity index (χ0) is 8.97. The summed E-state index contributed by atoms with van der Waals surface area (Å²) in [5.41, 5.74) is 0. The van der Waals surface area contributed by atoms with Crippen LogP contribution in [0.4, 0.5) is 0 Å². The van der Waals surface area contributed by atoms with Crippen molar-refractivity contribution in [3.63, 3.8) is 0 Å². The molecule has 0 aliphatic rings. The Balaban J connectivity index is 2.64. The molecule has 0 bridgehead atoms. The highest BCUT2D eigenvalue weighted by Crippen LogP contribution is 2.04. The molecule has 0 radical (unpaired) electrons. The van der Waals surface area contributed by atoms with Crippen molar-refractivity contribution in [2.75, 3.05) is 5.75 Å². The Kier molecular flexibility index (Phi) is 3.68. The molecule has 12 heavy (non-hydrogen) atoms. The van der Waals surface area contributed by atoms with E-state index >= 15 is 0 Å². The number of thiol groups is 1. The van der Waals surface area contributed by atoms with Crippen LogP contribution in [0.25, 0.3) is 0 Å². The molecule has 64 valence electrons. The summed E-state index contributed by atoms with van der Waals surface area (Å²) in [5.74, 6) is 0.803. The van der Waals surface area contributed by atoms with Crippen molar-refractivity contribution in [2.45, 2.75) is 6.42 Å². The molecule has 0 fully saturated rings. The minimum atomic E-state index is 0.0284. The minimum absolute atomic E-state index is 0.0284. The molecular weight excluding hydrogens is 240 g/mol. The summed E-state index contributed by atoms with van der Waals surface area (Å²) in [6, 6.07) is 0. The second kappa shape index (κ2) is 4.57. The lowest BCUT2D eigenvalue weighted by Crippen LogP contribution is -2.06. The molecule has 0 N–H and O–H groups in total. The number of carbonyl (C=O) groups excluding carboxylic acids is 1. The van der Waals surface area contributed by atoms with Crippen molar-refractivity contribution in [1.29, 1.82) is 0 Å². The third-order valence-corrected chi connectivity index (χ3v) is 1.97. The summed E-state index contributed by atoms with van der Waals surface area (Å²) < 4.78 is 0.810. The van der Waals surface area contributed by atoms with Crippen molar-refractivity contribution >= 4 is 34.3 Å². The predicted octanol–water partition coefficient (Wildman–Crippen LogP) is 1.28. The van der Waals surface area contributed by atoms with E-state index in [0.717, 1.165) is 4.47 Å². The molecule has 5 heteroatoms. The molecule has 1 aromatic heterocycles. The fourth-order valence-electron chi connectivity index (χ4n) is 0.663. The van der Waals surface area contributed by atoms with Gasteiger partial charge in [-0.3, -0.25) is 4.79 Å². The number of hydrogen-bond acceptors (Lipinski definition) is 4. The highest BCUT2D eigenvalue weighted by molar-refractivity contribution is 9.10. The normalized spacial score (nSPS) is 9.83. The molecule has 1 rings (SSSR count). The van der Waals surface area contributed by atoms with Gasteiger partial charge < -0.3 is 0 Å². The Morgan fingerprint density at radius 1 is 1.50 bits per heavy atom. The third-order valence-electron chi connectivity index (χ3n) is 1.21. The van der Waals surface area contributed by atoms with Gasteiger partial charge in [0.05, 0.1) is 10.9 Å². The Morgan fingerprint density at radius 2 is 2.08 bits per heavy atom. The molecule has 0 unspecified atom stereocenters. The SMILES string of the molecule is O=C(CS)Cc1ncc(Br)cn1. The second-order valence-corrected chi connectivity index (χ2v) is 3.42. The largest absolute Gasteiger partial charge is 0.298 e. The maximum absolute atomic E-state index is 10.9. The number of nitrogens with zero attached hydrogens (tertiary/aromatic N) is 2. The summed E-state index contributed by atoms with van der Waals surface area (Å²) in [6.07, 6.45) is 3.50. The molecular formula is C7H7BrN2OS. The van der Waals surface area contributed by atoms with Crippen molar-refractivity contribution in [3.05, 3.63) is 22.7 Å². The van der Waals surface area contributed by atoms with Crippen LogP contribution in [-0.2, 0) is 11.2 Å². The number of Topliss-reactive ketones (excluding diaryl/α,β-unsaturated/α-hetero) is 1.